The molecule has 1 atom stereocenters. The van der Waals surface area contributed by atoms with Crippen molar-refractivity contribution in [2.24, 2.45) is 0 Å². The van der Waals surface area contributed by atoms with Crippen molar-refractivity contribution in [3.63, 3.8) is 0 Å². The third kappa shape index (κ3) is 7.50. The molecule has 2 aromatic carbocycles. The fourth-order valence-corrected chi connectivity index (χ4v) is 4.78. The SMILES string of the molecule is CCCNC(=O)C(CC)N(Cc1ccc(Cl)cc1)C(=O)CN(c1cccc(Cl)c1Cl)S(C)(=O)=O. The summed E-state index contributed by atoms with van der Waals surface area (Å²) in [5.74, 6) is -0.867. The summed E-state index contributed by atoms with van der Waals surface area (Å²) in [4.78, 5) is 27.8. The normalized spacial score (nSPS) is 12.2. The van der Waals surface area contributed by atoms with E-state index in [1.807, 2.05) is 6.92 Å². The number of halogens is 3. The average molecular weight is 549 g/mol. The second-order valence-electron chi connectivity index (χ2n) is 7.71. The van der Waals surface area contributed by atoms with Crippen LogP contribution >= 0.6 is 34.8 Å². The van der Waals surface area contributed by atoms with Gasteiger partial charge in [0.15, 0.2) is 0 Å². The van der Waals surface area contributed by atoms with Crippen molar-refractivity contribution in [1.29, 1.82) is 0 Å². The molecule has 0 bridgehead atoms. The van der Waals surface area contributed by atoms with Gasteiger partial charge in [0.2, 0.25) is 21.8 Å². The largest absolute Gasteiger partial charge is 0.354 e. The Kier molecular flexibility index (Phi) is 10.5. The first-order valence-corrected chi connectivity index (χ1v) is 13.7. The van der Waals surface area contributed by atoms with Gasteiger partial charge >= 0.3 is 0 Å². The first-order chi connectivity index (χ1) is 16.0. The fourth-order valence-electron chi connectivity index (χ4n) is 3.35. The summed E-state index contributed by atoms with van der Waals surface area (Å²) in [5.41, 5.74) is 0.825. The molecule has 0 aliphatic heterocycles. The monoisotopic (exact) mass is 547 g/mol. The van der Waals surface area contributed by atoms with Crippen LogP contribution in [0.2, 0.25) is 15.1 Å². The minimum atomic E-state index is -3.91. The molecule has 34 heavy (non-hydrogen) atoms. The van der Waals surface area contributed by atoms with Crippen molar-refractivity contribution in [2.45, 2.75) is 39.3 Å². The van der Waals surface area contributed by atoms with Crippen LogP contribution in [-0.2, 0) is 26.2 Å². The zero-order valence-electron chi connectivity index (χ0n) is 19.2. The Bertz CT molecular complexity index is 1110. The molecule has 11 heteroatoms. The summed E-state index contributed by atoms with van der Waals surface area (Å²) in [6.07, 6.45) is 2.06. The number of nitrogens with zero attached hydrogens (tertiary/aromatic N) is 2. The number of carbonyl (C=O) groups excluding carboxylic acids is 2. The minimum Gasteiger partial charge on any atom is -0.354 e. The van der Waals surface area contributed by atoms with Crippen molar-refractivity contribution in [2.75, 3.05) is 23.7 Å². The molecule has 0 aromatic heterocycles. The van der Waals surface area contributed by atoms with E-state index in [-0.39, 0.29) is 28.2 Å². The van der Waals surface area contributed by atoms with E-state index in [2.05, 4.69) is 5.32 Å². The standard InChI is InChI=1S/C23H28Cl3N3O4S/c1-4-13-27-23(31)19(5-2)28(14-16-9-11-17(24)12-10-16)21(30)15-29(34(3,32)33)20-8-6-7-18(25)22(20)26/h6-12,19H,4-5,13-15H2,1-3H3,(H,27,31). The van der Waals surface area contributed by atoms with Crippen LogP contribution in [0.5, 0.6) is 0 Å². The van der Waals surface area contributed by atoms with Gasteiger partial charge in [0, 0.05) is 18.1 Å². The number of hydrogen-bond donors (Lipinski definition) is 1. The van der Waals surface area contributed by atoms with Crippen LogP contribution in [0.1, 0.15) is 32.3 Å². The highest BCUT2D eigenvalue weighted by Crippen LogP contribution is 2.33. The van der Waals surface area contributed by atoms with Gasteiger partial charge in [-0.2, -0.15) is 0 Å². The van der Waals surface area contributed by atoms with Gasteiger partial charge < -0.3 is 10.2 Å². The van der Waals surface area contributed by atoms with Gasteiger partial charge in [-0.1, -0.05) is 66.8 Å². The van der Waals surface area contributed by atoms with E-state index in [1.54, 1.807) is 37.3 Å². The maximum Gasteiger partial charge on any atom is 0.244 e. The van der Waals surface area contributed by atoms with E-state index in [0.29, 0.717) is 18.0 Å². The fraction of sp³-hybridized carbons (Fsp3) is 0.391. The Morgan fingerprint density at radius 1 is 1.03 bits per heavy atom. The lowest BCUT2D eigenvalue weighted by atomic mass is 10.1. The molecule has 0 spiro atoms. The zero-order chi connectivity index (χ0) is 25.5. The average Bonchev–Trinajstić information content (AvgIpc) is 2.78. The van der Waals surface area contributed by atoms with Gasteiger partial charge in [0.1, 0.15) is 12.6 Å². The summed E-state index contributed by atoms with van der Waals surface area (Å²) in [6.45, 7) is 3.72. The molecule has 0 saturated carbocycles. The molecule has 0 radical (unpaired) electrons. The molecular weight excluding hydrogens is 521 g/mol. The van der Waals surface area contributed by atoms with Gasteiger partial charge in [0.05, 0.1) is 22.0 Å². The Labute approximate surface area is 216 Å². The number of sulfonamides is 1. The Morgan fingerprint density at radius 3 is 2.24 bits per heavy atom. The second kappa shape index (κ2) is 12.6. The maximum absolute atomic E-state index is 13.6. The topological polar surface area (TPSA) is 86.8 Å². The van der Waals surface area contributed by atoms with Gasteiger partial charge in [-0.05, 0) is 42.7 Å². The van der Waals surface area contributed by atoms with Crippen molar-refractivity contribution in [3.05, 3.63) is 63.1 Å². The molecule has 1 N–H and O–H groups in total. The van der Waals surface area contributed by atoms with Crippen LogP contribution in [0.3, 0.4) is 0 Å². The van der Waals surface area contributed by atoms with Crippen molar-refractivity contribution in [1.82, 2.24) is 10.2 Å². The van der Waals surface area contributed by atoms with E-state index < -0.39 is 28.5 Å². The number of anilines is 1. The van der Waals surface area contributed by atoms with Crippen molar-refractivity contribution >= 4 is 62.3 Å². The number of benzene rings is 2. The van der Waals surface area contributed by atoms with Crippen molar-refractivity contribution < 1.29 is 18.0 Å². The van der Waals surface area contributed by atoms with E-state index in [9.17, 15) is 18.0 Å². The molecule has 186 valence electrons. The number of carbonyl (C=O) groups is 2. The third-order valence-corrected chi connectivity index (χ3v) is 7.27. The molecular formula is C23H28Cl3N3O4S. The summed E-state index contributed by atoms with van der Waals surface area (Å²) in [5, 5.41) is 3.53. The van der Waals surface area contributed by atoms with Crippen LogP contribution in [0.4, 0.5) is 5.69 Å². The minimum absolute atomic E-state index is 0.0133. The number of nitrogens with one attached hydrogen (secondary N) is 1. The molecule has 2 amide bonds. The first kappa shape index (κ1) is 28.2. The summed E-state index contributed by atoms with van der Waals surface area (Å²) in [6, 6.07) is 10.6. The molecule has 7 nitrogen and oxygen atoms in total. The van der Waals surface area contributed by atoms with E-state index in [0.717, 1.165) is 22.5 Å². The van der Waals surface area contributed by atoms with Crippen LogP contribution in [0.15, 0.2) is 42.5 Å². The first-order valence-electron chi connectivity index (χ1n) is 10.7. The molecule has 2 rings (SSSR count). The predicted octanol–water partition coefficient (Wildman–Crippen LogP) is 4.75. The Morgan fingerprint density at radius 2 is 1.68 bits per heavy atom. The molecule has 0 saturated heterocycles. The smallest absolute Gasteiger partial charge is 0.244 e. The van der Waals surface area contributed by atoms with Gasteiger partial charge in [-0.15, -0.1) is 0 Å². The Hall–Kier alpha value is -2.00. The second-order valence-corrected chi connectivity index (χ2v) is 10.8. The lowest BCUT2D eigenvalue weighted by molar-refractivity contribution is -0.140. The highest BCUT2D eigenvalue weighted by molar-refractivity contribution is 7.92. The molecule has 0 heterocycles. The predicted molar refractivity (Wildman–Crippen MR) is 138 cm³/mol. The van der Waals surface area contributed by atoms with E-state index in [4.69, 9.17) is 34.8 Å². The molecule has 0 aliphatic carbocycles. The lowest BCUT2D eigenvalue weighted by Crippen LogP contribution is -2.52. The quantitative estimate of drug-likeness (QED) is 0.439. The molecule has 1 unspecified atom stereocenters. The van der Waals surface area contributed by atoms with Crippen molar-refractivity contribution in [3.8, 4) is 0 Å². The van der Waals surface area contributed by atoms with Crippen LogP contribution < -0.4 is 9.62 Å². The maximum atomic E-state index is 13.6. The summed E-state index contributed by atoms with van der Waals surface area (Å²) >= 11 is 18.3. The molecule has 0 fully saturated rings. The zero-order valence-corrected chi connectivity index (χ0v) is 22.3. The third-order valence-electron chi connectivity index (χ3n) is 5.08. The molecule has 0 aliphatic rings. The summed E-state index contributed by atoms with van der Waals surface area (Å²) in [7, 11) is -3.91. The lowest BCUT2D eigenvalue weighted by Gasteiger charge is -2.33. The van der Waals surface area contributed by atoms with E-state index in [1.165, 1.54) is 17.0 Å². The summed E-state index contributed by atoms with van der Waals surface area (Å²) < 4.78 is 26.1. The number of hydrogen-bond acceptors (Lipinski definition) is 4. The number of amides is 2. The van der Waals surface area contributed by atoms with Crippen LogP contribution in [-0.4, -0.2) is 50.5 Å². The van der Waals surface area contributed by atoms with Gasteiger partial charge in [-0.25, -0.2) is 8.42 Å². The Balaban J connectivity index is 2.46. The highest BCUT2D eigenvalue weighted by Gasteiger charge is 2.32. The van der Waals surface area contributed by atoms with Gasteiger partial charge in [0.25, 0.3) is 0 Å². The van der Waals surface area contributed by atoms with Gasteiger partial charge in [-0.3, -0.25) is 13.9 Å². The molecule has 2 aromatic rings. The highest BCUT2D eigenvalue weighted by atomic mass is 35.5. The van der Waals surface area contributed by atoms with Crippen LogP contribution in [0.25, 0.3) is 0 Å². The number of rotatable bonds is 11. The van der Waals surface area contributed by atoms with Crippen LogP contribution in [0, 0.1) is 0 Å². The van der Waals surface area contributed by atoms with E-state index >= 15 is 0 Å².